The van der Waals surface area contributed by atoms with Gasteiger partial charge in [0.25, 0.3) is 0 Å². The Balaban J connectivity index is 1.65. The number of hydrogen-bond donors (Lipinski definition) is 2. The first-order valence-electron chi connectivity index (χ1n) is 8.81. The van der Waals surface area contributed by atoms with E-state index < -0.39 is 0 Å². The topological polar surface area (TPSA) is 29.0 Å². The van der Waals surface area contributed by atoms with Crippen LogP contribution in [0.4, 0.5) is 11.4 Å². The summed E-state index contributed by atoms with van der Waals surface area (Å²) in [5.74, 6) is 0. The van der Waals surface area contributed by atoms with Crippen LogP contribution in [-0.4, -0.2) is 9.68 Å². The standard InChI is InChI=1S/C22H21N3S/c1-3-25-20-10-5-4-9-18(20)19-14-17(11-12-21(19)25)24-22(26)23-16-8-6-7-15(2)13-16/h4-14H,3H2,1-2H3,(H2,23,24,26). The molecule has 0 aliphatic carbocycles. The molecule has 0 aliphatic rings. The van der Waals surface area contributed by atoms with E-state index in [9.17, 15) is 0 Å². The summed E-state index contributed by atoms with van der Waals surface area (Å²) in [6.07, 6.45) is 0. The molecule has 0 spiro atoms. The van der Waals surface area contributed by atoms with Crippen LogP contribution in [0.3, 0.4) is 0 Å². The normalized spacial score (nSPS) is 11.0. The third kappa shape index (κ3) is 3.04. The molecule has 3 nitrogen and oxygen atoms in total. The van der Waals surface area contributed by atoms with Crippen LogP contribution in [0.2, 0.25) is 0 Å². The molecule has 0 saturated heterocycles. The fourth-order valence-electron chi connectivity index (χ4n) is 3.49. The minimum atomic E-state index is 0.592. The number of hydrogen-bond acceptors (Lipinski definition) is 1. The largest absolute Gasteiger partial charge is 0.341 e. The third-order valence-corrected chi connectivity index (χ3v) is 4.83. The monoisotopic (exact) mass is 359 g/mol. The SMILES string of the molecule is CCn1c2ccccc2c2cc(NC(=S)Nc3cccc(C)c3)ccc21. The van der Waals surface area contributed by atoms with E-state index in [1.807, 2.05) is 12.1 Å². The average molecular weight is 359 g/mol. The summed E-state index contributed by atoms with van der Waals surface area (Å²) in [6.45, 7) is 5.20. The molecular formula is C22H21N3S. The highest BCUT2D eigenvalue weighted by molar-refractivity contribution is 7.80. The van der Waals surface area contributed by atoms with Crippen LogP contribution in [0.25, 0.3) is 21.8 Å². The van der Waals surface area contributed by atoms with Gasteiger partial charge in [0.1, 0.15) is 0 Å². The molecule has 2 N–H and O–H groups in total. The molecule has 0 unspecified atom stereocenters. The van der Waals surface area contributed by atoms with Crippen molar-refractivity contribution in [3.05, 3.63) is 72.3 Å². The van der Waals surface area contributed by atoms with Gasteiger partial charge in [-0.1, -0.05) is 30.3 Å². The molecule has 26 heavy (non-hydrogen) atoms. The van der Waals surface area contributed by atoms with Gasteiger partial charge in [0.15, 0.2) is 5.11 Å². The van der Waals surface area contributed by atoms with Gasteiger partial charge >= 0.3 is 0 Å². The van der Waals surface area contributed by atoms with Crippen molar-refractivity contribution in [3.63, 3.8) is 0 Å². The minimum Gasteiger partial charge on any atom is -0.341 e. The smallest absolute Gasteiger partial charge is 0.175 e. The minimum absolute atomic E-state index is 0.592. The molecule has 3 aromatic carbocycles. The second kappa shape index (κ2) is 6.81. The predicted octanol–water partition coefficient (Wildman–Crippen LogP) is 5.93. The number of thiocarbonyl (C=S) groups is 1. The molecule has 0 atom stereocenters. The number of fused-ring (bicyclic) bond motifs is 3. The van der Waals surface area contributed by atoms with Crippen molar-refractivity contribution >= 4 is 50.5 Å². The Kier molecular flexibility index (Phi) is 4.35. The number of benzene rings is 3. The number of nitrogens with one attached hydrogen (secondary N) is 2. The average Bonchev–Trinajstić information content (AvgIpc) is 2.95. The molecular weight excluding hydrogens is 338 g/mol. The summed E-state index contributed by atoms with van der Waals surface area (Å²) in [5.41, 5.74) is 5.69. The lowest BCUT2D eigenvalue weighted by molar-refractivity contribution is 0.827. The Labute approximate surface area is 158 Å². The molecule has 0 radical (unpaired) electrons. The van der Waals surface area contributed by atoms with Gasteiger partial charge in [-0.25, -0.2) is 0 Å². The highest BCUT2D eigenvalue weighted by Crippen LogP contribution is 2.31. The second-order valence-electron chi connectivity index (χ2n) is 6.44. The Morgan fingerprint density at radius 1 is 0.846 bits per heavy atom. The van der Waals surface area contributed by atoms with Crippen molar-refractivity contribution in [2.24, 2.45) is 0 Å². The summed E-state index contributed by atoms with van der Waals surface area (Å²) < 4.78 is 2.35. The molecule has 4 aromatic rings. The van der Waals surface area contributed by atoms with Gasteiger partial charge in [0.2, 0.25) is 0 Å². The fraction of sp³-hybridized carbons (Fsp3) is 0.136. The summed E-state index contributed by atoms with van der Waals surface area (Å²) in [5, 5.41) is 9.66. The maximum Gasteiger partial charge on any atom is 0.175 e. The van der Waals surface area contributed by atoms with Crippen LogP contribution in [0.1, 0.15) is 12.5 Å². The number of nitrogens with zero attached hydrogens (tertiary/aromatic N) is 1. The lowest BCUT2D eigenvalue weighted by atomic mass is 10.1. The molecule has 1 aromatic heterocycles. The number of para-hydroxylation sites is 1. The first kappa shape index (κ1) is 16.6. The van der Waals surface area contributed by atoms with E-state index in [4.69, 9.17) is 12.2 Å². The van der Waals surface area contributed by atoms with Crippen LogP contribution in [0.5, 0.6) is 0 Å². The van der Waals surface area contributed by atoms with E-state index in [1.54, 1.807) is 0 Å². The molecule has 0 amide bonds. The lowest BCUT2D eigenvalue weighted by Gasteiger charge is -2.11. The van der Waals surface area contributed by atoms with Crippen LogP contribution in [-0.2, 0) is 6.54 Å². The first-order chi connectivity index (χ1) is 12.7. The number of aryl methyl sites for hydroxylation is 2. The third-order valence-electron chi connectivity index (χ3n) is 4.62. The van der Waals surface area contributed by atoms with Crippen molar-refractivity contribution in [1.82, 2.24) is 4.57 Å². The van der Waals surface area contributed by atoms with Gasteiger partial charge in [-0.05, 0) is 68.0 Å². The van der Waals surface area contributed by atoms with Crippen molar-refractivity contribution < 1.29 is 0 Å². The zero-order chi connectivity index (χ0) is 18.1. The number of rotatable bonds is 3. The molecule has 0 aliphatic heterocycles. The van der Waals surface area contributed by atoms with Crippen molar-refractivity contribution in [3.8, 4) is 0 Å². The van der Waals surface area contributed by atoms with E-state index in [-0.39, 0.29) is 0 Å². The van der Waals surface area contributed by atoms with Gasteiger partial charge in [-0.3, -0.25) is 0 Å². The molecule has 4 heteroatoms. The maximum atomic E-state index is 5.48. The molecule has 0 fully saturated rings. The Bertz CT molecular complexity index is 1110. The van der Waals surface area contributed by atoms with E-state index in [2.05, 4.69) is 83.6 Å². The Morgan fingerprint density at radius 3 is 2.35 bits per heavy atom. The zero-order valence-electron chi connectivity index (χ0n) is 14.9. The van der Waals surface area contributed by atoms with Crippen molar-refractivity contribution in [2.75, 3.05) is 10.6 Å². The zero-order valence-corrected chi connectivity index (χ0v) is 15.7. The van der Waals surface area contributed by atoms with E-state index in [0.29, 0.717) is 5.11 Å². The number of anilines is 2. The lowest BCUT2D eigenvalue weighted by Crippen LogP contribution is -2.19. The maximum absolute atomic E-state index is 5.48. The highest BCUT2D eigenvalue weighted by Gasteiger charge is 2.10. The molecule has 130 valence electrons. The Hall–Kier alpha value is -2.85. The van der Waals surface area contributed by atoms with Crippen LogP contribution < -0.4 is 10.6 Å². The van der Waals surface area contributed by atoms with Gasteiger partial charge in [-0.2, -0.15) is 0 Å². The quantitative estimate of drug-likeness (QED) is 0.444. The molecule has 0 saturated carbocycles. The van der Waals surface area contributed by atoms with Gasteiger partial charge in [0, 0.05) is 39.7 Å². The van der Waals surface area contributed by atoms with E-state index in [1.165, 1.54) is 27.4 Å². The number of aromatic nitrogens is 1. The molecule has 1 heterocycles. The first-order valence-corrected chi connectivity index (χ1v) is 9.22. The van der Waals surface area contributed by atoms with Gasteiger partial charge in [0.05, 0.1) is 0 Å². The summed E-state index contributed by atoms with van der Waals surface area (Å²) >= 11 is 5.48. The van der Waals surface area contributed by atoms with Crippen molar-refractivity contribution in [1.29, 1.82) is 0 Å². The predicted molar refractivity (Wildman–Crippen MR) is 116 cm³/mol. The summed E-state index contributed by atoms with van der Waals surface area (Å²) in [6, 6.07) is 23.1. The van der Waals surface area contributed by atoms with Crippen molar-refractivity contribution in [2.45, 2.75) is 20.4 Å². The molecule has 0 bridgehead atoms. The summed E-state index contributed by atoms with van der Waals surface area (Å²) in [4.78, 5) is 0. The summed E-state index contributed by atoms with van der Waals surface area (Å²) in [7, 11) is 0. The molecule has 4 rings (SSSR count). The Morgan fingerprint density at radius 2 is 1.58 bits per heavy atom. The van der Waals surface area contributed by atoms with Crippen LogP contribution in [0, 0.1) is 6.92 Å². The van der Waals surface area contributed by atoms with E-state index in [0.717, 1.165) is 17.9 Å². The van der Waals surface area contributed by atoms with Gasteiger partial charge < -0.3 is 15.2 Å². The van der Waals surface area contributed by atoms with Crippen LogP contribution >= 0.6 is 12.2 Å². The highest BCUT2D eigenvalue weighted by atomic mass is 32.1. The van der Waals surface area contributed by atoms with E-state index >= 15 is 0 Å². The van der Waals surface area contributed by atoms with Gasteiger partial charge in [-0.15, -0.1) is 0 Å². The fourth-order valence-corrected chi connectivity index (χ4v) is 3.72. The second-order valence-corrected chi connectivity index (χ2v) is 6.85. The van der Waals surface area contributed by atoms with Crippen LogP contribution in [0.15, 0.2) is 66.7 Å².